The largest absolute Gasteiger partial charge is 0.391 e. The molecule has 1 saturated carbocycles. The Balaban J connectivity index is 1.35. The van der Waals surface area contributed by atoms with Crippen LogP contribution in [0, 0.1) is 5.92 Å². The smallest absolute Gasteiger partial charge is 0.0945 e. The summed E-state index contributed by atoms with van der Waals surface area (Å²) in [4.78, 5) is 4.10. The van der Waals surface area contributed by atoms with Crippen LogP contribution in [0.3, 0.4) is 0 Å². The van der Waals surface area contributed by atoms with Crippen LogP contribution < -0.4 is 5.32 Å². The molecule has 1 aliphatic rings. The lowest BCUT2D eigenvalue weighted by Gasteiger charge is -2.17. The van der Waals surface area contributed by atoms with Gasteiger partial charge in [0.15, 0.2) is 0 Å². The number of imidazole rings is 1. The Labute approximate surface area is 154 Å². The standard InChI is InChI=1S/C22H25N3O/c26-22-13-18(15-25-10-9-23-16-25)12-21(22)24-14-17-5-4-8-20(11-17)19-6-2-1-3-7-19/h1-11,16,18,21-22,24,26H,12-15H2/t18?,21-,22-/m1/s1. The van der Waals surface area contributed by atoms with Crippen molar-refractivity contribution in [1.82, 2.24) is 14.9 Å². The van der Waals surface area contributed by atoms with Crippen molar-refractivity contribution in [3.8, 4) is 11.1 Å². The molecule has 134 valence electrons. The number of benzene rings is 2. The highest BCUT2D eigenvalue weighted by Crippen LogP contribution is 2.28. The zero-order chi connectivity index (χ0) is 17.8. The van der Waals surface area contributed by atoms with E-state index in [0.29, 0.717) is 5.92 Å². The molecular formula is C22H25N3O. The lowest BCUT2D eigenvalue weighted by molar-refractivity contribution is 0.145. The van der Waals surface area contributed by atoms with Gasteiger partial charge in [-0.05, 0) is 41.5 Å². The fraction of sp³-hybridized carbons (Fsp3) is 0.318. The topological polar surface area (TPSA) is 50.1 Å². The minimum Gasteiger partial charge on any atom is -0.391 e. The van der Waals surface area contributed by atoms with E-state index in [1.54, 1.807) is 6.20 Å². The molecule has 4 nitrogen and oxygen atoms in total. The summed E-state index contributed by atoms with van der Waals surface area (Å²) in [6.07, 6.45) is 7.21. The highest BCUT2D eigenvalue weighted by atomic mass is 16.3. The van der Waals surface area contributed by atoms with Crippen LogP contribution in [0.25, 0.3) is 11.1 Å². The third-order valence-electron chi connectivity index (χ3n) is 5.26. The van der Waals surface area contributed by atoms with Crippen molar-refractivity contribution in [3.63, 3.8) is 0 Å². The van der Waals surface area contributed by atoms with Crippen molar-refractivity contribution in [2.45, 2.75) is 38.1 Å². The number of aliphatic hydroxyl groups is 1. The summed E-state index contributed by atoms with van der Waals surface area (Å²) in [5.74, 6) is 0.493. The number of hydrogen-bond donors (Lipinski definition) is 2. The molecule has 0 amide bonds. The Bertz CT molecular complexity index is 816. The SMILES string of the molecule is O[C@@H]1CC(Cn2ccnc2)C[C@H]1NCc1cccc(-c2ccccc2)c1. The fourth-order valence-electron chi connectivity index (χ4n) is 3.92. The predicted octanol–water partition coefficient (Wildman–Crippen LogP) is 3.48. The molecule has 1 unspecified atom stereocenters. The second kappa shape index (κ2) is 7.85. The molecule has 0 aliphatic heterocycles. The quantitative estimate of drug-likeness (QED) is 0.718. The van der Waals surface area contributed by atoms with E-state index in [1.807, 2.05) is 18.6 Å². The Morgan fingerprint density at radius 2 is 1.88 bits per heavy atom. The summed E-state index contributed by atoms with van der Waals surface area (Å²) >= 11 is 0. The molecule has 4 heteroatoms. The molecule has 1 aliphatic carbocycles. The van der Waals surface area contributed by atoms with Gasteiger partial charge in [-0.2, -0.15) is 0 Å². The lowest BCUT2D eigenvalue weighted by Crippen LogP contribution is -2.35. The first-order valence-electron chi connectivity index (χ1n) is 9.29. The van der Waals surface area contributed by atoms with Crippen LogP contribution >= 0.6 is 0 Å². The van der Waals surface area contributed by atoms with Crippen molar-refractivity contribution < 1.29 is 5.11 Å². The summed E-state index contributed by atoms with van der Waals surface area (Å²) in [5.41, 5.74) is 3.71. The molecule has 1 fully saturated rings. The normalized spacial score (nSPS) is 22.6. The first kappa shape index (κ1) is 17.0. The zero-order valence-corrected chi connectivity index (χ0v) is 14.8. The molecule has 3 aromatic rings. The molecule has 1 heterocycles. The number of hydrogen-bond acceptors (Lipinski definition) is 3. The van der Waals surface area contributed by atoms with E-state index in [0.717, 1.165) is 25.9 Å². The first-order valence-corrected chi connectivity index (χ1v) is 9.29. The van der Waals surface area contributed by atoms with Gasteiger partial charge in [0.05, 0.1) is 12.4 Å². The van der Waals surface area contributed by atoms with Crippen LogP contribution in [0.4, 0.5) is 0 Å². The molecule has 26 heavy (non-hydrogen) atoms. The molecule has 1 aromatic heterocycles. The van der Waals surface area contributed by atoms with Crippen molar-refractivity contribution in [2.75, 3.05) is 0 Å². The second-order valence-electron chi connectivity index (χ2n) is 7.22. The third-order valence-corrected chi connectivity index (χ3v) is 5.26. The van der Waals surface area contributed by atoms with Gasteiger partial charge in [-0.25, -0.2) is 4.98 Å². The highest BCUT2D eigenvalue weighted by molar-refractivity contribution is 5.63. The van der Waals surface area contributed by atoms with Gasteiger partial charge in [0, 0.05) is 31.5 Å². The maximum atomic E-state index is 10.4. The van der Waals surface area contributed by atoms with Gasteiger partial charge >= 0.3 is 0 Å². The van der Waals surface area contributed by atoms with Crippen LogP contribution in [-0.4, -0.2) is 26.8 Å². The minimum atomic E-state index is -0.277. The summed E-state index contributed by atoms with van der Waals surface area (Å²) in [6, 6.07) is 19.2. The Morgan fingerprint density at radius 3 is 2.69 bits per heavy atom. The van der Waals surface area contributed by atoms with E-state index in [-0.39, 0.29) is 12.1 Å². The number of rotatable bonds is 6. The third kappa shape index (κ3) is 4.03. The summed E-state index contributed by atoms with van der Waals surface area (Å²) < 4.78 is 2.10. The van der Waals surface area contributed by atoms with Crippen LogP contribution in [0.1, 0.15) is 18.4 Å². The number of aromatic nitrogens is 2. The molecule has 2 aromatic carbocycles. The van der Waals surface area contributed by atoms with Gasteiger partial charge in [-0.15, -0.1) is 0 Å². The van der Waals surface area contributed by atoms with Gasteiger partial charge in [0.2, 0.25) is 0 Å². The average molecular weight is 347 g/mol. The molecular weight excluding hydrogens is 322 g/mol. The molecule has 3 atom stereocenters. The molecule has 0 saturated heterocycles. The molecule has 0 radical (unpaired) electrons. The number of nitrogens with one attached hydrogen (secondary N) is 1. The highest BCUT2D eigenvalue weighted by Gasteiger charge is 2.32. The van der Waals surface area contributed by atoms with Crippen LogP contribution in [0.2, 0.25) is 0 Å². The summed E-state index contributed by atoms with van der Waals surface area (Å²) in [5, 5.41) is 14.0. The maximum Gasteiger partial charge on any atom is 0.0945 e. The van der Waals surface area contributed by atoms with Gasteiger partial charge in [-0.1, -0.05) is 48.5 Å². The van der Waals surface area contributed by atoms with E-state index < -0.39 is 0 Å². The maximum absolute atomic E-state index is 10.4. The van der Waals surface area contributed by atoms with Crippen molar-refractivity contribution in [1.29, 1.82) is 0 Å². The minimum absolute atomic E-state index is 0.156. The second-order valence-corrected chi connectivity index (χ2v) is 7.22. The average Bonchev–Trinajstić information content (AvgIpc) is 3.31. The Hall–Kier alpha value is -2.43. The number of nitrogens with zero attached hydrogens (tertiary/aromatic N) is 2. The van der Waals surface area contributed by atoms with E-state index in [1.165, 1.54) is 16.7 Å². The zero-order valence-electron chi connectivity index (χ0n) is 14.8. The Kier molecular flexibility index (Phi) is 5.14. The van der Waals surface area contributed by atoms with Gasteiger partial charge in [0.1, 0.15) is 0 Å². The molecule has 0 spiro atoms. The van der Waals surface area contributed by atoms with E-state index in [2.05, 4.69) is 63.4 Å². The van der Waals surface area contributed by atoms with E-state index in [4.69, 9.17) is 0 Å². The van der Waals surface area contributed by atoms with E-state index >= 15 is 0 Å². The molecule has 0 bridgehead atoms. The Morgan fingerprint density at radius 1 is 1.04 bits per heavy atom. The summed E-state index contributed by atoms with van der Waals surface area (Å²) in [7, 11) is 0. The van der Waals surface area contributed by atoms with Crippen molar-refractivity contribution in [3.05, 3.63) is 78.9 Å². The van der Waals surface area contributed by atoms with Crippen molar-refractivity contribution >= 4 is 0 Å². The fourth-order valence-corrected chi connectivity index (χ4v) is 3.92. The van der Waals surface area contributed by atoms with Crippen molar-refractivity contribution in [2.24, 2.45) is 5.92 Å². The lowest BCUT2D eigenvalue weighted by atomic mass is 10.0. The van der Waals surface area contributed by atoms with E-state index in [9.17, 15) is 5.11 Å². The molecule has 2 N–H and O–H groups in total. The van der Waals surface area contributed by atoms with Gasteiger partial charge in [-0.3, -0.25) is 0 Å². The summed E-state index contributed by atoms with van der Waals surface area (Å²) in [6.45, 7) is 1.71. The van der Waals surface area contributed by atoms with Crippen LogP contribution in [0.5, 0.6) is 0 Å². The first-order chi connectivity index (χ1) is 12.8. The predicted molar refractivity (Wildman–Crippen MR) is 103 cm³/mol. The van der Waals surface area contributed by atoms with Crippen LogP contribution in [0.15, 0.2) is 73.3 Å². The van der Waals surface area contributed by atoms with Gasteiger partial charge in [0.25, 0.3) is 0 Å². The van der Waals surface area contributed by atoms with Crippen LogP contribution in [-0.2, 0) is 13.1 Å². The van der Waals surface area contributed by atoms with Gasteiger partial charge < -0.3 is 15.0 Å². The number of aliphatic hydroxyl groups excluding tert-OH is 1. The monoisotopic (exact) mass is 347 g/mol. The molecule has 4 rings (SSSR count).